The van der Waals surface area contributed by atoms with Crippen LogP contribution in [-0.4, -0.2) is 50.1 Å². The molecule has 0 radical (unpaired) electrons. The fourth-order valence-corrected chi connectivity index (χ4v) is 6.26. The molecule has 0 fully saturated rings. The summed E-state index contributed by atoms with van der Waals surface area (Å²) in [5, 5.41) is 17.6. The van der Waals surface area contributed by atoms with Crippen molar-refractivity contribution in [3.63, 3.8) is 0 Å². The number of carboxylic acid groups (broad SMARTS) is 1. The van der Waals surface area contributed by atoms with E-state index in [0.29, 0.717) is 36.2 Å². The maximum atomic E-state index is 15.6. The molecule has 4 bridgehead atoms. The number of aryl methyl sites for hydroxylation is 2. The largest absolute Gasteiger partial charge is 0.481 e. The maximum Gasteiger partial charge on any atom is 0.407 e. The Balaban J connectivity index is 1.47. The van der Waals surface area contributed by atoms with Crippen LogP contribution >= 0.6 is 0 Å². The number of aromatic nitrogens is 4. The Labute approximate surface area is 282 Å². The van der Waals surface area contributed by atoms with Gasteiger partial charge in [0.2, 0.25) is 0 Å². The van der Waals surface area contributed by atoms with Gasteiger partial charge in [0.05, 0.1) is 17.6 Å². The first-order valence-electron chi connectivity index (χ1n) is 16.2. The number of ether oxygens (including phenoxy) is 2. The molecule has 1 atom stereocenters. The Morgan fingerprint density at radius 2 is 1.88 bits per heavy atom. The van der Waals surface area contributed by atoms with Crippen LogP contribution in [0.15, 0.2) is 60.8 Å². The third-order valence-corrected chi connectivity index (χ3v) is 9.25. The zero-order valence-electron chi connectivity index (χ0n) is 27.9. The second kappa shape index (κ2) is 13.3. The first-order valence-corrected chi connectivity index (χ1v) is 16.2. The topological polar surface area (TPSA) is 131 Å². The van der Waals surface area contributed by atoms with E-state index in [1.165, 1.54) is 28.9 Å². The Morgan fingerprint density at radius 3 is 2.67 bits per heavy atom. The Morgan fingerprint density at radius 1 is 1.06 bits per heavy atom. The second-order valence-electron chi connectivity index (χ2n) is 13.6. The van der Waals surface area contributed by atoms with Gasteiger partial charge in [-0.1, -0.05) is 38.1 Å². The Bertz CT molecular complexity index is 2040. The van der Waals surface area contributed by atoms with Crippen LogP contribution in [0.5, 0.6) is 11.5 Å². The SMILES string of the molecule is Cn1nc2nc1-c1cc(ccc1F)Oc1c(F)cc3[nH]ccc3c1CCNC(=O)OCC(C)(C)CCC2(C)c1cccc(CCC(=O)O)c1. The number of cyclic esters (lactones) is 1. The fourth-order valence-electron chi connectivity index (χ4n) is 6.26. The lowest BCUT2D eigenvalue weighted by Gasteiger charge is -2.32. The summed E-state index contributed by atoms with van der Waals surface area (Å²) in [4.78, 5) is 32.0. The van der Waals surface area contributed by atoms with Gasteiger partial charge in [-0.05, 0) is 73.4 Å². The van der Waals surface area contributed by atoms with Crippen LogP contribution in [0.2, 0.25) is 0 Å². The molecule has 1 amide bonds. The number of fused-ring (bicyclic) bond motifs is 8. The highest BCUT2D eigenvalue weighted by molar-refractivity contribution is 5.86. The molecule has 0 saturated heterocycles. The molecule has 3 heterocycles. The average Bonchev–Trinajstić information content (AvgIpc) is 3.70. The third kappa shape index (κ3) is 7.13. The number of alkyl carbamates (subject to hydrolysis) is 1. The van der Waals surface area contributed by atoms with Gasteiger partial charge in [0, 0.05) is 48.7 Å². The molecule has 10 nitrogen and oxygen atoms in total. The summed E-state index contributed by atoms with van der Waals surface area (Å²) in [7, 11) is 1.68. The number of hydrogen-bond donors (Lipinski definition) is 3. The van der Waals surface area contributed by atoms with Gasteiger partial charge in [-0.3, -0.25) is 4.79 Å². The molecule has 49 heavy (non-hydrogen) atoms. The van der Waals surface area contributed by atoms with E-state index in [1.54, 1.807) is 13.2 Å². The van der Waals surface area contributed by atoms with Gasteiger partial charge in [-0.25, -0.2) is 23.2 Å². The molecule has 0 saturated carbocycles. The highest BCUT2D eigenvalue weighted by Crippen LogP contribution is 2.41. The van der Waals surface area contributed by atoms with Crippen molar-refractivity contribution in [2.75, 3.05) is 13.2 Å². The number of halogens is 2. The summed E-state index contributed by atoms with van der Waals surface area (Å²) in [6.07, 6.45) is 2.81. The average molecular weight is 672 g/mol. The van der Waals surface area contributed by atoms with Crippen molar-refractivity contribution < 1.29 is 33.0 Å². The van der Waals surface area contributed by atoms with Crippen molar-refractivity contribution in [1.82, 2.24) is 25.1 Å². The van der Waals surface area contributed by atoms with Crippen molar-refractivity contribution in [3.05, 3.63) is 94.9 Å². The van der Waals surface area contributed by atoms with E-state index in [4.69, 9.17) is 19.6 Å². The zero-order valence-corrected chi connectivity index (χ0v) is 27.9. The molecule has 6 rings (SSSR count). The van der Waals surface area contributed by atoms with Crippen LogP contribution in [0.25, 0.3) is 22.3 Å². The molecule has 12 heteroatoms. The lowest BCUT2D eigenvalue weighted by Crippen LogP contribution is -2.33. The highest BCUT2D eigenvalue weighted by Gasteiger charge is 2.37. The second-order valence-corrected chi connectivity index (χ2v) is 13.6. The predicted molar refractivity (Wildman–Crippen MR) is 180 cm³/mol. The number of carbonyl (C=O) groups is 2. The normalized spacial score (nSPS) is 18.3. The number of nitrogens with one attached hydrogen (secondary N) is 2. The number of H-pyrrole nitrogens is 1. The molecule has 2 aromatic heterocycles. The van der Waals surface area contributed by atoms with Gasteiger partial charge >= 0.3 is 12.1 Å². The molecule has 1 unspecified atom stereocenters. The van der Waals surface area contributed by atoms with E-state index in [2.05, 4.69) is 10.3 Å². The van der Waals surface area contributed by atoms with Crippen molar-refractivity contribution in [2.24, 2.45) is 12.5 Å². The molecule has 0 spiro atoms. The number of aromatic amines is 1. The lowest BCUT2D eigenvalue weighted by molar-refractivity contribution is -0.136. The minimum atomic E-state index is -0.887. The molecule has 0 aliphatic carbocycles. The Hall–Kier alpha value is -5.26. The van der Waals surface area contributed by atoms with Crippen LogP contribution in [0, 0.1) is 17.0 Å². The Kier molecular flexibility index (Phi) is 9.15. The predicted octanol–water partition coefficient (Wildman–Crippen LogP) is 7.45. The van der Waals surface area contributed by atoms with Gasteiger partial charge in [0.1, 0.15) is 11.6 Å². The fraction of sp³-hybridized carbons (Fsp3) is 0.351. The van der Waals surface area contributed by atoms with Gasteiger partial charge in [0.25, 0.3) is 0 Å². The minimum absolute atomic E-state index is 0.0132. The molecule has 3 N–H and O–H groups in total. The quantitative estimate of drug-likeness (QED) is 0.181. The van der Waals surface area contributed by atoms with Crippen LogP contribution in [0.3, 0.4) is 0 Å². The van der Waals surface area contributed by atoms with Crippen molar-refractivity contribution in [1.29, 1.82) is 0 Å². The summed E-state index contributed by atoms with van der Waals surface area (Å²) in [5.74, 6) is -1.21. The number of benzene rings is 3. The van der Waals surface area contributed by atoms with Crippen LogP contribution in [0.4, 0.5) is 13.6 Å². The molecule has 3 aromatic carbocycles. The monoisotopic (exact) mass is 671 g/mol. The lowest BCUT2D eigenvalue weighted by atomic mass is 9.73. The van der Waals surface area contributed by atoms with Crippen LogP contribution in [0.1, 0.15) is 62.5 Å². The first-order chi connectivity index (χ1) is 23.3. The van der Waals surface area contributed by atoms with E-state index in [0.717, 1.165) is 16.5 Å². The number of rotatable bonds is 4. The zero-order chi connectivity index (χ0) is 34.9. The standard InChI is InChI=1S/C37H39F2N5O5/c1-36(2)14-15-37(3,23-7-5-6-22(18-23)8-11-31(45)46)34-42-33(44(4)43-34)27-19-24(9-10-28(27)38)49-32-26(13-17-41-35(47)48-21-36)25-12-16-40-30(25)20-29(32)39/h5-7,9-10,12,16,18-20,40H,8,11,13-15,17,21H2,1-4H3,(H,41,47)(H,45,46). The first kappa shape index (κ1) is 33.6. The van der Waals surface area contributed by atoms with Gasteiger partial charge in [0.15, 0.2) is 23.2 Å². The number of hydrogen-bond acceptors (Lipinski definition) is 6. The van der Waals surface area contributed by atoms with Crippen molar-refractivity contribution in [3.8, 4) is 22.9 Å². The molecule has 1 aliphatic rings. The van der Waals surface area contributed by atoms with Crippen LogP contribution in [-0.2, 0) is 34.8 Å². The molecule has 5 aromatic rings. The van der Waals surface area contributed by atoms with Crippen molar-refractivity contribution >= 4 is 23.0 Å². The molecular formula is C37H39F2N5O5. The summed E-state index contributed by atoms with van der Waals surface area (Å²) in [5.41, 5.74) is 1.70. The maximum absolute atomic E-state index is 15.6. The number of carbonyl (C=O) groups excluding carboxylic acids is 1. The van der Waals surface area contributed by atoms with Gasteiger partial charge in [-0.2, -0.15) is 5.10 Å². The third-order valence-electron chi connectivity index (χ3n) is 9.25. The highest BCUT2D eigenvalue weighted by atomic mass is 19.1. The van der Waals surface area contributed by atoms with E-state index >= 15 is 8.78 Å². The number of amides is 1. The minimum Gasteiger partial charge on any atom is -0.481 e. The summed E-state index contributed by atoms with van der Waals surface area (Å²) >= 11 is 0. The number of nitrogens with zero attached hydrogens (tertiary/aromatic N) is 3. The van der Waals surface area contributed by atoms with E-state index in [-0.39, 0.29) is 48.9 Å². The van der Waals surface area contributed by atoms with E-state index < -0.39 is 34.5 Å². The summed E-state index contributed by atoms with van der Waals surface area (Å²) in [6.45, 7) is 6.30. The molecule has 1 aliphatic heterocycles. The molecular weight excluding hydrogens is 632 g/mol. The number of carboxylic acids is 1. The van der Waals surface area contributed by atoms with Gasteiger partial charge in [-0.15, -0.1) is 0 Å². The smallest absolute Gasteiger partial charge is 0.407 e. The van der Waals surface area contributed by atoms with E-state index in [1.807, 2.05) is 51.1 Å². The summed E-state index contributed by atoms with van der Waals surface area (Å²) in [6, 6.07) is 15.0. The summed E-state index contributed by atoms with van der Waals surface area (Å²) < 4.78 is 44.5. The van der Waals surface area contributed by atoms with Crippen LogP contribution < -0.4 is 10.1 Å². The van der Waals surface area contributed by atoms with Gasteiger partial charge < -0.3 is 24.9 Å². The number of aliphatic carboxylic acids is 1. The van der Waals surface area contributed by atoms with Crippen molar-refractivity contribution in [2.45, 2.75) is 58.3 Å². The molecule has 256 valence electrons. The van der Waals surface area contributed by atoms with E-state index in [9.17, 15) is 14.7 Å².